The first-order valence-electron chi connectivity index (χ1n) is 6.01. The summed E-state index contributed by atoms with van der Waals surface area (Å²) in [4.78, 5) is 15.3. The van der Waals surface area contributed by atoms with Gasteiger partial charge in [0.25, 0.3) is 0 Å². The molecular formula is C11H20NO5P. The van der Waals surface area contributed by atoms with E-state index in [2.05, 4.69) is 4.99 Å². The molecule has 0 aromatic carbocycles. The zero-order valence-corrected chi connectivity index (χ0v) is 12.3. The van der Waals surface area contributed by atoms with Crippen LogP contribution in [0.5, 0.6) is 0 Å². The van der Waals surface area contributed by atoms with Crippen LogP contribution in [0.1, 0.15) is 34.6 Å². The van der Waals surface area contributed by atoms with Crippen molar-refractivity contribution in [3.63, 3.8) is 0 Å². The first-order chi connectivity index (χ1) is 8.30. The van der Waals surface area contributed by atoms with Crippen LogP contribution in [0.3, 0.4) is 0 Å². The van der Waals surface area contributed by atoms with Gasteiger partial charge in [-0.15, -0.1) is 0 Å². The normalized spacial score (nSPS) is 19.1. The molecule has 0 N–H and O–H groups in total. The number of ether oxygens (including phenoxy) is 1. The molecule has 0 bridgehead atoms. The Bertz CT molecular complexity index is 377. The van der Waals surface area contributed by atoms with E-state index in [1.54, 1.807) is 34.6 Å². The Labute approximate surface area is 107 Å². The van der Waals surface area contributed by atoms with Crippen molar-refractivity contribution >= 4 is 19.3 Å². The van der Waals surface area contributed by atoms with Crippen molar-refractivity contribution in [3.05, 3.63) is 0 Å². The van der Waals surface area contributed by atoms with E-state index in [1.807, 2.05) is 0 Å². The molecule has 0 fully saturated rings. The minimum atomic E-state index is -3.43. The summed E-state index contributed by atoms with van der Waals surface area (Å²) in [6.45, 7) is 8.96. The van der Waals surface area contributed by atoms with Gasteiger partial charge in [0.05, 0.1) is 18.8 Å². The maximum Gasteiger partial charge on any atom is 0.361 e. The summed E-state index contributed by atoms with van der Waals surface area (Å²) in [6.07, 6.45) is -0.539. The summed E-state index contributed by atoms with van der Waals surface area (Å²) >= 11 is 0. The highest BCUT2D eigenvalue weighted by molar-refractivity contribution is 7.56. The molecule has 0 saturated heterocycles. The van der Waals surface area contributed by atoms with Gasteiger partial charge in [-0.05, 0) is 34.6 Å². The van der Waals surface area contributed by atoms with E-state index in [1.165, 1.54) is 0 Å². The predicted octanol–water partition coefficient (Wildman–Crippen LogP) is 2.37. The van der Waals surface area contributed by atoms with Crippen LogP contribution in [0.4, 0.5) is 0 Å². The fraction of sp³-hybridized carbons (Fsp3) is 0.818. The van der Waals surface area contributed by atoms with E-state index >= 15 is 0 Å². The lowest BCUT2D eigenvalue weighted by molar-refractivity contribution is -0.134. The first-order valence-corrected chi connectivity index (χ1v) is 7.62. The number of esters is 1. The van der Waals surface area contributed by atoms with Crippen molar-refractivity contribution < 1.29 is 23.1 Å². The van der Waals surface area contributed by atoms with E-state index < -0.39 is 19.3 Å². The van der Waals surface area contributed by atoms with Gasteiger partial charge in [-0.1, -0.05) is 0 Å². The SMILES string of the molecule is CCOC(=O)C1=NC1P(=O)(OC(C)C)OC(C)C. The number of nitrogens with zero attached hydrogens (tertiary/aromatic N) is 1. The molecule has 104 valence electrons. The molecule has 0 aromatic heterocycles. The average Bonchev–Trinajstić information content (AvgIpc) is 2.94. The Balaban J connectivity index is 2.71. The maximum atomic E-state index is 12.5. The van der Waals surface area contributed by atoms with Crippen LogP contribution < -0.4 is 0 Å². The zero-order valence-electron chi connectivity index (χ0n) is 11.4. The third-order valence-corrected chi connectivity index (χ3v) is 4.33. The molecule has 1 unspecified atom stereocenters. The maximum absolute atomic E-state index is 12.5. The van der Waals surface area contributed by atoms with Crippen molar-refractivity contribution in [1.29, 1.82) is 0 Å². The summed E-state index contributed by atoms with van der Waals surface area (Å²) in [5, 5.41) is 0. The Morgan fingerprint density at radius 1 is 1.28 bits per heavy atom. The summed E-state index contributed by atoms with van der Waals surface area (Å²) in [6, 6.07) is 0. The van der Waals surface area contributed by atoms with Crippen LogP contribution in [0.2, 0.25) is 0 Å². The smallest absolute Gasteiger partial charge is 0.361 e. The highest BCUT2D eigenvalue weighted by Crippen LogP contribution is 2.60. The number of carbonyl (C=O) groups excluding carboxylic acids is 1. The van der Waals surface area contributed by atoms with Gasteiger partial charge in [-0.3, -0.25) is 9.56 Å². The number of carbonyl (C=O) groups is 1. The minimum Gasteiger partial charge on any atom is -0.461 e. The number of rotatable bonds is 7. The number of hydrogen-bond donors (Lipinski definition) is 0. The summed E-state index contributed by atoms with van der Waals surface area (Å²) in [5.41, 5.74) is 0.140. The van der Waals surface area contributed by atoms with Gasteiger partial charge in [0.15, 0.2) is 5.71 Å². The van der Waals surface area contributed by atoms with E-state index in [-0.39, 0.29) is 24.5 Å². The molecule has 1 aliphatic rings. The standard InChI is InChI=1S/C11H20NO5P/c1-6-15-11(13)9-10(12-9)18(14,16-7(2)3)17-8(4)5/h7-8,10H,6H2,1-5H3. The Kier molecular flexibility index (Phi) is 5.08. The summed E-state index contributed by atoms with van der Waals surface area (Å²) in [5.74, 6) is -1.36. The summed E-state index contributed by atoms with van der Waals surface area (Å²) in [7, 11) is -3.43. The molecule has 0 radical (unpaired) electrons. The molecule has 0 saturated carbocycles. The fourth-order valence-corrected chi connectivity index (χ4v) is 3.53. The second kappa shape index (κ2) is 5.95. The Hall–Kier alpha value is -0.710. The first kappa shape index (κ1) is 15.3. The van der Waals surface area contributed by atoms with Crippen molar-refractivity contribution in [1.82, 2.24) is 0 Å². The van der Waals surface area contributed by atoms with Gasteiger partial charge in [0, 0.05) is 0 Å². The zero-order chi connectivity index (χ0) is 13.9. The monoisotopic (exact) mass is 277 g/mol. The van der Waals surface area contributed by atoms with Crippen molar-refractivity contribution in [2.75, 3.05) is 6.61 Å². The predicted molar refractivity (Wildman–Crippen MR) is 67.9 cm³/mol. The quantitative estimate of drug-likeness (QED) is 0.527. The number of aliphatic imine (C=N–C) groups is 1. The van der Waals surface area contributed by atoms with Crippen molar-refractivity contribution in [2.45, 2.75) is 52.6 Å². The van der Waals surface area contributed by atoms with Gasteiger partial charge in [-0.25, -0.2) is 4.79 Å². The van der Waals surface area contributed by atoms with E-state index in [9.17, 15) is 9.36 Å². The van der Waals surface area contributed by atoms with Gasteiger partial charge < -0.3 is 13.8 Å². The molecule has 0 aromatic rings. The highest BCUT2D eigenvalue weighted by atomic mass is 31.2. The van der Waals surface area contributed by atoms with Crippen molar-refractivity contribution in [2.24, 2.45) is 4.99 Å². The molecule has 1 heterocycles. The molecule has 0 amide bonds. The lowest BCUT2D eigenvalue weighted by Gasteiger charge is -2.21. The highest BCUT2D eigenvalue weighted by Gasteiger charge is 2.52. The third kappa shape index (κ3) is 3.90. The lowest BCUT2D eigenvalue weighted by Crippen LogP contribution is -2.19. The van der Waals surface area contributed by atoms with Crippen LogP contribution >= 0.6 is 7.60 Å². The van der Waals surface area contributed by atoms with Gasteiger partial charge in [0.2, 0.25) is 5.78 Å². The lowest BCUT2D eigenvalue weighted by atomic mass is 10.5. The van der Waals surface area contributed by atoms with E-state index in [0.717, 1.165) is 0 Å². The molecule has 6 nitrogen and oxygen atoms in total. The second-order valence-electron chi connectivity index (χ2n) is 4.46. The average molecular weight is 277 g/mol. The van der Waals surface area contributed by atoms with Gasteiger partial charge >= 0.3 is 13.6 Å². The fourth-order valence-electron chi connectivity index (χ4n) is 1.41. The minimum absolute atomic E-state index is 0.140. The third-order valence-electron chi connectivity index (χ3n) is 1.94. The van der Waals surface area contributed by atoms with E-state index in [0.29, 0.717) is 0 Å². The van der Waals surface area contributed by atoms with Crippen LogP contribution in [0, 0.1) is 0 Å². The van der Waals surface area contributed by atoms with Crippen molar-refractivity contribution in [3.8, 4) is 0 Å². The van der Waals surface area contributed by atoms with Gasteiger partial charge in [0.1, 0.15) is 0 Å². The van der Waals surface area contributed by atoms with Crippen LogP contribution in [0.25, 0.3) is 0 Å². The molecule has 1 atom stereocenters. The van der Waals surface area contributed by atoms with Gasteiger partial charge in [-0.2, -0.15) is 0 Å². The molecule has 1 rings (SSSR count). The molecule has 1 aliphatic heterocycles. The molecule has 0 spiro atoms. The van der Waals surface area contributed by atoms with Crippen LogP contribution in [-0.2, 0) is 23.1 Å². The topological polar surface area (TPSA) is 74.2 Å². The second-order valence-corrected chi connectivity index (χ2v) is 6.45. The largest absolute Gasteiger partial charge is 0.461 e. The molecular weight excluding hydrogens is 257 g/mol. The van der Waals surface area contributed by atoms with Crippen LogP contribution in [0.15, 0.2) is 4.99 Å². The molecule has 0 aliphatic carbocycles. The van der Waals surface area contributed by atoms with E-state index in [4.69, 9.17) is 13.8 Å². The van der Waals surface area contributed by atoms with Crippen LogP contribution in [-0.4, -0.2) is 36.3 Å². The number of hydrogen-bond acceptors (Lipinski definition) is 6. The Morgan fingerprint density at radius 3 is 2.17 bits per heavy atom. The molecule has 7 heteroatoms. The summed E-state index contributed by atoms with van der Waals surface area (Å²) < 4.78 is 28.0. The Morgan fingerprint density at radius 2 is 1.78 bits per heavy atom. The molecule has 18 heavy (non-hydrogen) atoms.